The van der Waals surface area contributed by atoms with Crippen molar-refractivity contribution in [1.82, 2.24) is 0 Å². The molecule has 0 saturated heterocycles. The summed E-state index contributed by atoms with van der Waals surface area (Å²) in [6, 6.07) is 1.47. The lowest BCUT2D eigenvalue weighted by atomic mass is 10.1. The summed E-state index contributed by atoms with van der Waals surface area (Å²) in [4.78, 5) is 13.6. The highest BCUT2D eigenvalue weighted by molar-refractivity contribution is 6.31. The Morgan fingerprint density at radius 2 is 2.39 bits per heavy atom. The number of fused-ring (bicyclic) bond motifs is 1. The first kappa shape index (κ1) is 13.0. The summed E-state index contributed by atoms with van der Waals surface area (Å²) >= 11 is 5.81. The highest BCUT2D eigenvalue weighted by atomic mass is 35.5. The van der Waals surface area contributed by atoms with Crippen LogP contribution in [-0.4, -0.2) is 32.8 Å². The SMILES string of the molecule is CCN1CCOc2c1cc(Cl)c(F)c2C(=O)OC. The Morgan fingerprint density at radius 1 is 1.67 bits per heavy atom. The summed E-state index contributed by atoms with van der Waals surface area (Å²) in [6.45, 7) is 3.75. The summed E-state index contributed by atoms with van der Waals surface area (Å²) in [5, 5.41) is -0.113. The summed E-state index contributed by atoms with van der Waals surface area (Å²) in [7, 11) is 1.19. The van der Waals surface area contributed by atoms with Crippen LogP contribution in [0.5, 0.6) is 5.75 Å². The number of nitrogens with zero attached hydrogens (tertiary/aromatic N) is 1. The van der Waals surface area contributed by atoms with Crippen LogP contribution in [0.4, 0.5) is 10.1 Å². The van der Waals surface area contributed by atoms with Crippen LogP contribution in [0.2, 0.25) is 5.02 Å². The molecule has 98 valence electrons. The van der Waals surface area contributed by atoms with Crippen molar-refractivity contribution >= 4 is 23.3 Å². The molecule has 1 aliphatic rings. The van der Waals surface area contributed by atoms with Gasteiger partial charge in [0, 0.05) is 6.54 Å². The van der Waals surface area contributed by atoms with Gasteiger partial charge in [-0.15, -0.1) is 0 Å². The molecule has 1 heterocycles. The second kappa shape index (κ2) is 5.02. The van der Waals surface area contributed by atoms with Gasteiger partial charge in [0.1, 0.15) is 12.2 Å². The summed E-state index contributed by atoms with van der Waals surface area (Å²) < 4.78 is 23.9. The molecule has 0 aliphatic carbocycles. The molecule has 0 amide bonds. The number of hydrogen-bond donors (Lipinski definition) is 0. The van der Waals surface area contributed by atoms with E-state index in [2.05, 4.69) is 4.74 Å². The third-order valence-electron chi connectivity index (χ3n) is 2.87. The van der Waals surface area contributed by atoms with Crippen LogP contribution in [-0.2, 0) is 4.74 Å². The van der Waals surface area contributed by atoms with E-state index in [0.29, 0.717) is 18.8 Å². The Morgan fingerprint density at radius 3 is 3.00 bits per heavy atom. The number of benzene rings is 1. The van der Waals surface area contributed by atoms with Crippen LogP contribution in [0.1, 0.15) is 17.3 Å². The first-order chi connectivity index (χ1) is 8.60. The molecule has 0 atom stereocenters. The average Bonchev–Trinajstić information content (AvgIpc) is 2.39. The fraction of sp³-hybridized carbons (Fsp3) is 0.417. The predicted molar refractivity (Wildman–Crippen MR) is 66.1 cm³/mol. The average molecular weight is 274 g/mol. The van der Waals surface area contributed by atoms with Crippen molar-refractivity contribution in [1.29, 1.82) is 0 Å². The molecular formula is C12H13ClFNO3. The maximum Gasteiger partial charge on any atom is 0.344 e. The topological polar surface area (TPSA) is 38.8 Å². The van der Waals surface area contributed by atoms with Gasteiger partial charge in [-0.3, -0.25) is 0 Å². The van der Waals surface area contributed by atoms with E-state index in [1.54, 1.807) is 0 Å². The molecule has 0 aromatic heterocycles. The largest absolute Gasteiger partial charge is 0.489 e. The van der Waals surface area contributed by atoms with Gasteiger partial charge in [0.2, 0.25) is 0 Å². The Bertz CT molecular complexity index is 493. The molecule has 0 saturated carbocycles. The standard InChI is InChI=1S/C12H13ClFNO3/c1-3-15-4-5-18-11-8(15)6-7(13)10(14)9(11)12(16)17-2/h6H,3-5H2,1-2H3. The number of likely N-dealkylation sites (N-methyl/N-ethyl adjacent to an activating group) is 1. The molecule has 0 N–H and O–H groups in total. The van der Waals surface area contributed by atoms with E-state index in [1.165, 1.54) is 13.2 Å². The van der Waals surface area contributed by atoms with E-state index in [-0.39, 0.29) is 16.3 Å². The van der Waals surface area contributed by atoms with Crippen molar-refractivity contribution in [3.8, 4) is 5.75 Å². The van der Waals surface area contributed by atoms with Crippen molar-refractivity contribution in [3.05, 3.63) is 22.5 Å². The molecule has 0 bridgehead atoms. The van der Waals surface area contributed by atoms with Gasteiger partial charge >= 0.3 is 5.97 Å². The number of hydrogen-bond acceptors (Lipinski definition) is 4. The summed E-state index contributed by atoms with van der Waals surface area (Å²) in [6.07, 6.45) is 0. The zero-order valence-corrected chi connectivity index (χ0v) is 10.9. The van der Waals surface area contributed by atoms with E-state index >= 15 is 0 Å². The Balaban J connectivity index is 2.65. The number of esters is 1. The lowest BCUT2D eigenvalue weighted by Crippen LogP contribution is -2.33. The number of carbonyl (C=O) groups excluding carboxylic acids is 1. The molecule has 0 unspecified atom stereocenters. The highest BCUT2D eigenvalue weighted by Gasteiger charge is 2.29. The van der Waals surface area contributed by atoms with Crippen molar-refractivity contribution in [2.24, 2.45) is 0 Å². The van der Waals surface area contributed by atoms with Gasteiger partial charge in [-0.2, -0.15) is 0 Å². The molecule has 1 aliphatic heterocycles. The predicted octanol–water partition coefficient (Wildman–Crippen LogP) is 2.48. The highest BCUT2D eigenvalue weighted by Crippen LogP contribution is 2.40. The fourth-order valence-electron chi connectivity index (χ4n) is 1.97. The van der Waals surface area contributed by atoms with Crippen molar-refractivity contribution in [3.63, 3.8) is 0 Å². The smallest absolute Gasteiger partial charge is 0.344 e. The summed E-state index contributed by atoms with van der Waals surface area (Å²) in [5.74, 6) is -1.39. The zero-order valence-electron chi connectivity index (χ0n) is 10.1. The number of halogens is 2. The van der Waals surface area contributed by atoms with Gasteiger partial charge in [0.25, 0.3) is 0 Å². The van der Waals surface area contributed by atoms with Crippen molar-refractivity contribution < 1.29 is 18.7 Å². The molecule has 0 fully saturated rings. The molecule has 2 rings (SSSR count). The maximum absolute atomic E-state index is 13.9. The second-order valence-corrected chi connectivity index (χ2v) is 4.22. The van der Waals surface area contributed by atoms with E-state index < -0.39 is 11.8 Å². The van der Waals surface area contributed by atoms with E-state index in [1.807, 2.05) is 11.8 Å². The molecule has 1 aromatic carbocycles. The third-order valence-corrected chi connectivity index (χ3v) is 3.15. The number of carbonyl (C=O) groups is 1. The van der Waals surface area contributed by atoms with Crippen LogP contribution in [0, 0.1) is 5.82 Å². The van der Waals surface area contributed by atoms with Crippen molar-refractivity contribution in [2.75, 3.05) is 31.7 Å². The number of ether oxygens (including phenoxy) is 2. The Kier molecular flexibility index (Phi) is 3.61. The Hall–Kier alpha value is -1.49. The van der Waals surface area contributed by atoms with Crippen LogP contribution < -0.4 is 9.64 Å². The minimum atomic E-state index is -0.805. The van der Waals surface area contributed by atoms with E-state index in [0.717, 1.165) is 6.54 Å². The van der Waals surface area contributed by atoms with Crippen molar-refractivity contribution in [2.45, 2.75) is 6.92 Å². The number of anilines is 1. The van der Waals surface area contributed by atoms with Gasteiger partial charge in [-0.25, -0.2) is 9.18 Å². The monoisotopic (exact) mass is 273 g/mol. The first-order valence-corrected chi connectivity index (χ1v) is 5.96. The van der Waals surface area contributed by atoms with Crippen LogP contribution >= 0.6 is 11.6 Å². The van der Waals surface area contributed by atoms with Gasteiger partial charge < -0.3 is 14.4 Å². The molecule has 18 heavy (non-hydrogen) atoms. The maximum atomic E-state index is 13.9. The van der Waals surface area contributed by atoms with Crippen LogP contribution in [0.3, 0.4) is 0 Å². The lowest BCUT2D eigenvalue weighted by Gasteiger charge is -2.31. The molecular weight excluding hydrogens is 261 g/mol. The third kappa shape index (κ3) is 1.99. The molecule has 0 radical (unpaired) electrons. The van der Waals surface area contributed by atoms with Gasteiger partial charge in [-0.05, 0) is 13.0 Å². The number of methoxy groups -OCH3 is 1. The van der Waals surface area contributed by atoms with Crippen LogP contribution in [0.15, 0.2) is 6.07 Å². The minimum Gasteiger partial charge on any atom is -0.489 e. The molecule has 4 nitrogen and oxygen atoms in total. The Labute approximate surface area is 109 Å². The minimum absolute atomic E-state index is 0.113. The summed E-state index contributed by atoms with van der Waals surface area (Å²) in [5.41, 5.74) is 0.383. The van der Waals surface area contributed by atoms with Gasteiger partial charge in [0.15, 0.2) is 11.6 Å². The quantitative estimate of drug-likeness (QED) is 0.776. The molecule has 0 spiro atoms. The molecule has 6 heteroatoms. The van der Waals surface area contributed by atoms with E-state index in [4.69, 9.17) is 16.3 Å². The van der Waals surface area contributed by atoms with Gasteiger partial charge in [0.05, 0.1) is 24.4 Å². The molecule has 1 aromatic rings. The normalized spacial score (nSPS) is 13.9. The van der Waals surface area contributed by atoms with Gasteiger partial charge in [-0.1, -0.05) is 11.6 Å². The first-order valence-electron chi connectivity index (χ1n) is 5.58. The fourth-order valence-corrected chi connectivity index (χ4v) is 2.17. The second-order valence-electron chi connectivity index (χ2n) is 3.82. The van der Waals surface area contributed by atoms with E-state index in [9.17, 15) is 9.18 Å². The number of rotatable bonds is 2. The zero-order chi connectivity index (χ0) is 13.3. The van der Waals surface area contributed by atoms with Crippen LogP contribution in [0.25, 0.3) is 0 Å². The lowest BCUT2D eigenvalue weighted by molar-refractivity contribution is 0.0590.